The van der Waals surface area contributed by atoms with Crippen molar-refractivity contribution in [1.82, 2.24) is 14.9 Å². The summed E-state index contributed by atoms with van der Waals surface area (Å²) >= 11 is 0. The van der Waals surface area contributed by atoms with E-state index >= 15 is 0 Å². The lowest BCUT2D eigenvalue weighted by molar-refractivity contribution is 0.247. The van der Waals surface area contributed by atoms with Crippen LogP contribution in [0, 0.1) is 5.92 Å². The minimum absolute atomic E-state index is 0.288. The zero-order valence-electron chi connectivity index (χ0n) is 11.0. The molecule has 0 saturated carbocycles. The molecule has 1 unspecified atom stereocenters. The molecule has 0 saturated heterocycles. The summed E-state index contributed by atoms with van der Waals surface area (Å²) in [6, 6.07) is 0. The van der Waals surface area contributed by atoms with Gasteiger partial charge >= 0.3 is 0 Å². The Bertz CT molecular complexity index is 293. The molecule has 0 bridgehead atoms. The van der Waals surface area contributed by atoms with Gasteiger partial charge in [0, 0.05) is 25.5 Å². The predicted octanol–water partition coefficient (Wildman–Crippen LogP) is 1.79. The second-order valence-electron chi connectivity index (χ2n) is 4.43. The number of hydrogen-bond acceptors (Lipinski definition) is 3. The van der Waals surface area contributed by atoms with E-state index in [1.54, 1.807) is 0 Å². The van der Waals surface area contributed by atoms with Crippen molar-refractivity contribution >= 4 is 0 Å². The second-order valence-corrected chi connectivity index (χ2v) is 4.43. The Kier molecular flexibility index (Phi) is 6.89. The zero-order chi connectivity index (χ0) is 12.5. The first-order valence-corrected chi connectivity index (χ1v) is 6.63. The number of rotatable bonds is 9. The lowest BCUT2D eigenvalue weighted by atomic mass is 10.0. The van der Waals surface area contributed by atoms with E-state index in [-0.39, 0.29) is 6.61 Å². The van der Waals surface area contributed by atoms with Crippen molar-refractivity contribution in [1.29, 1.82) is 0 Å². The molecule has 1 aromatic heterocycles. The summed E-state index contributed by atoms with van der Waals surface area (Å²) in [5, 5.41) is 12.4. The molecule has 0 fully saturated rings. The highest BCUT2D eigenvalue weighted by molar-refractivity contribution is 4.91. The van der Waals surface area contributed by atoms with Crippen molar-refractivity contribution in [2.45, 2.75) is 46.2 Å². The first-order chi connectivity index (χ1) is 8.31. The number of aliphatic hydroxyl groups is 1. The highest BCUT2D eigenvalue weighted by Gasteiger charge is 2.07. The molecular weight excluding hydrogens is 214 g/mol. The van der Waals surface area contributed by atoms with E-state index in [1.165, 1.54) is 12.8 Å². The van der Waals surface area contributed by atoms with Crippen LogP contribution < -0.4 is 5.32 Å². The van der Waals surface area contributed by atoms with Crippen LogP contribution in [0.25, 0.3) is 0 Å². The van der Waals surface area contributed by atoms with E-state index in [9.17, 15) is 0 Å². The number of nitrogens with zero attached hydrogens (tertiary/aromatic N) is 2. The highest BCUT2D eigenvalue weighted by Crippen LogP contribution is 2.09. The molecule has 2 N–H and O–H groups in total. The molecule has 0 spiro atoms. The van der Waals surface area contributed by atoms with Crippen molar-refractivity contribution in [3.8, 4) is 0 Å². The summed E-state index contributed by atoms with van der Waals surface area (Å²) in [5.41, 5.74) is 0. The van der Waals surface area contributed by atoms with Gasteiger partial charge < -0.3 is 15.0 Å². The minimum Gasteiger partial charge on any atom is -0.396 e. The number of aryl methyl sites for hydroxylation is 1. The third-order valence-electron chi connectivity index (χ3n) is 3.09. The van der Waals surface area contributed by atoms with Gasteiger partial charge in [0.25, 0.3) is 0 Å². The molecule has 0 aliphatic heterocycles. The number of hydrogen-bond donors (Lipinski definition) is 2. The van der Waals surface area contributed by atoms with E-state index in [1.807, 2.05) is 12.4 Å². The van der Waals surface area contributed by atoms with E-state index < -0.39 is 0 Å². The average Bonchev–Trinajstić information content (AvgIpc) is 2.77. The molecule has 0 amide bonds. The molecule has 0 aliphatic carbocycles. The van der Waals surface area contributed by atoms with E-state index in [0.29, 0.717) is 5.92 Å². The minimum atomic E-state index is 0.288. The largest absolute Gasteiger partial charge is 0.396 e. The summed E-state index contributed by atoms with van der Waals surface area (Å²) in [7, 11) is 0. The Hall–Kier alpha value is -0.870. The number of aromatic nitrogens is 2. The maximum absolute atomic E-state index is 8.98. The predicted molar refractivity (Wildman–Crippen MR) is 69.7 cm³/mol. The second kappa shape index (κ2) is 8.25. The van der Waals surface area contributed by atoms with Gasteiger partial charge in [-0.05, 0) is 32.2 Å². The molecule has 1 atom stereocenters. The Labute approximate surface area is 104 Å². The first kappa shape index (κ1) is 14.2. The Morgan fingerprint density at radius 2 is 2.24 bits per heavy atom. The summed E-state index contributed by atoms with van der Waals surface area (Å²) in [6.07, 6.45) is 7.10. The molecule has 1 rings (SSSR count). The van der Waals surface area contributed by atoms with Crippen LogP contribution >= 0.6 is 0 Å². The fraction of sp³-hybridized carbons (Fsp3) is 0.769. The molecule has 4 nitrogen and oxygen atoms in total. The van der Waals surface area contributed by atoms with Crippen molar-refractivity contribution in [3.05, 3.63) is 18.2 Å². The van der Waals surface area contributed by atoms with Crippen molar-refractivity contribution in [3.63, 3.8) is 0 Å². The first-order valence-electron chi connectivity index (χ1n) is 6.63. The van der Waals surface area contributed by atoms with Gasteiger partial charge in [0.05, 0.1) is 6.54 Å². The van der Waals surface area contributed by atoms with Gasteiger partial charge in [-0.2, -0.15) is 0 Å². The molecule has 0 aliphatic rings. The van der Waals surface area contributed by atoms with Crippen LogP contribution in [0.2, 0.25) is 0 Å². The smallest absolute Gasteiger partial charge is 0.122 e. The summed E-state index contributed by atoms with van der Waals surface area (Å²) in [5.74, 6) is 1.67. The third kappa shape index (κ3) is 4.88. The van der Waals surface area contributed by atoms with Gasteiger partial charge in [-0.1, -0.05) is 13.3 Å². The van der Waals surface area contributed by atoms with Gasteiger partial charge in [0.1, 0.15) is 5.82 Å². The molecule has 1 heterocycles. The molecule has 98 valence electrons. The van der Waals surface area contributed by atoms with Gasteiger partial charge in [-0.15, -0.1) is 0 Å². The van der Waals surface area contributed by atoms with Crippen molar-refractivity contribution < 1.29 is 5.11 Å². The van der Waals surface area contributed by atoms with Crippen LogP contribution in [-0.4, -0.2) is 27.8 Å². The van der Waals surface area contributed by atoms with Crippen LogP contribution in [-0.2, 0) is 13.1 Å². The zero-order valence-corrected chi connectivity index (χ0v) is 11.0. The topological polar surface area (TPSA) is 50.1 Å². The lowest BCUT2D eigenvalue weighted by Gasteiger charge is -2.15. The van der Waals surface area contributed by atoms with Crippen LogP contribution in [0.15, 0.2) is 12.4 Å². The number of imidazole rings is 1. The number of nitrogens with one attached hydrogen (secondary N) is 1. The molecule has 4 heteroatoms. The monoisotopic (exact) mass is 239 g/mol. The maximum atomic E-state index is 8.98. The van der Waals surface area contributed by atoms with E-state index in [0.717, 1.165) is 31.9 Å². The van der Waals surface area contributed by atoms with Crippen LogP contribution in [0.4, 0.5) is 0 Å². The normalized spacial score (nSPS) is 12.9. The molecule has 0 aromatic carbocycles. The van der Waals surface area contributed by atoms with Gasteiger partial charge in [-0.25, -0.2) is 4.98 Å². The number of aliphatic hydroxyl groups excluding tert-OH is 1. The third-order valence-corrected chi connectivity index (χ3v) is 3.09. The molecule has 17 heavy (non-hydrogen) atoms. The van der Waals surface area contributed by atoms with Gasteiger partial charge in [0.15, 0.2) is 0 Å². The molecule has 0 radical (unpaired) electrons. The van der Waals surface area contributed by atoms with E-state index in [2.05, 4.69) is 28.7 Å². The standard InChI is InChI=1S/C13H25N3O/c1-3-5-12(6-9-17)10-14-11-13-15-7-8-16(13)4-2/h7-8,12,14,17H,3-6,9-11H2,1-2H3. The summed E-state index contributed by atoms with van der Waals surface area (Å²) < 4.78 is 2.15. The fourth-order valence-corrected chi connectivity index (χ4v) is 2.12. The quantitative estimate of drug-likeness (QED) is 0.691. The fourth-order valence-electron chi connectivity index (χ4n) is 2.12. The van der Waals surface area contributed by atoms with Crippen LogP contribution in [0.5, 0.6) is 0 Å². The van der Waals surface area contributed by atoms with Gasteiger partial charge in [-0.3, -0.25) is 0 Å². The lowest BCUT2D eigenvalue weighted by Crippen LogP contribution is -2.24. The Balaban J connectivity index is 2.30. The van der Waals surface area contributed by atoms with Crippen molar-refractivity contribution in [2.24, 2.45) is 5.92 Å². The average molecular weight is 239 g/mol. The van der Waals surface area contributed by atoms with Crippen LogP contribution in [0.1, 0.15) is 38.9 Å². The molecular formula is C13H25N3O. The Morgan fingerprint density at radius 1 is 1.41 bits per heavy atom. The summed E-state index contributed by atoms with van der Waals surface area (Å²) in [4.78, 5) is 4.33. The molecule has 1 aromatic rings. The van der Waals surface area contributed by atoms with E-state index in [4.69, 9.17) is 5.11 Å². The Morgan fingerprint density at radius 3 is 2.88 bits per heavy atom. The summed E-state index contributed by atoms with van der Waals surface area (Å²) in [6.45, 7) is 7.34. The maximum Gasteiger partial charge on any atom is 0.122 e. The van der Waals surface area contributed by atoms with Gasteiger partial charge in [0.2, 0.25) is 0 Å². The highest BCUT2D eigenvalue weighted by atomic mass is 16.3. The van der Waals surface area contributed by atoms with Crippen molar-refractivity contribution in [2.75, 3.05) is 13.2 Å². The van der Waals surface area contributed by atoms with Crippen LogP contribution in [0.3, 0.4) is 0 Å². The SMILES string of the molecule is CCCC(CCO)CNCc1nccn1CC.